The first kappa shape index (κ1) is 21.6. The molecule has 2 aromatic heterocycles. The third-order valence-corrected chi connectivity index (χ3v) is 5.94. The maximum absolute atomic E-state index is 12.7. The molecule has 1 atom stereocenters. The number of nitrogens with one attached hydrogen (secondary N) is 1. The fraction of sp³-hybridized carbons (Fsp3) is 0.208. The van der Waals surface area contributed by atoms with E-state index < -0.39 is 5.91 Å². The summed E-state index contributed by atoms with van der Waals surface area (Å²) in [6, 6.07) is 19.7. The van der Waals surface area contributed by atoms with Gasteiger partial charge in [0, 0.05) is 12.5 Å². The molecule has 0 spiro atoms. The summed E-state index contributed by atoms with van der Waals surface area (Å²) in [5, 5.41) is 8.77. The first-order chi connectivity index (χ1) is 15.7. The number of ether oxygens (including phenoxy) is 2. The van der Waals surface area contributed by atoms with Crippen molar-refractivity contribution in [3.63, 3.8) is 0 Å². The van der Waals surface area contributed by atoms with Crippen molar-refractivity contribution in [2.45, 2.75) is 12.3 Å². The summed E-state index contributed by atoms with van der Waals surface area (Å²) >= 11 is 1.49. The molecule has 8 heteroatoms. The molecule has 0 aliphatic heterocycles. The molecule has 0 bridgehead atoms. The topological polar surface area (TPSA) is 86.5 Å². The van der Waals surface area contributed by atoms with E-state index in [9.17, 15) is 4.79 Å². The zero-order valence-electron chi connectivity index (χ0n) is 17.8. The smallest absolute Gasteiger partial charge is 0.316 e. The Morgan fingerprint density at radius 2 is 1.88 bits per heavy atom. The normalized spacial score (nSPS) is 11.7. The van der Waals surface area contributed by atoms with Crippen LogP contribution in [-0.4, -0.2) is 36.8 Å². The third-order valence-electron chi connectivity index (χ3n) is 5.07. The van der Waals surface area contributed by atoms with Crippen LogP contribution in [0, 0.1) is 0 Å². The van der Waals surface area contributed by atoms with Gasteiger partial charge in [0.05, 0.1) is 19.1 Å². The molecule has 1 unspecified atom stereocenters. The molecule has 2 aromatic carbocycles. The highest BCUT2D eigenvalue weighted by atomic mass is 32.1. The predicted octanol–water partition coefficient (Wildman–Crippen LogP) is 4.57. The van der Waals surface area contributed by atoms with Crippen LogP contribution in [-0.2, 0) is 6.42 Å². The molecule has 1 N–H and O–H groups in total. The SMILES string of the molecule is COc1ccc(C(CNC(=O)c2nc(-c3cccs3)no2)Cc2ccccc2)cc1OC. The van der Waals surface area contributed by atoms with Crippen LogP contribution < -0.4 is 14.8 Å². The summed E-state index contributed by atoms with van der Waals surface area (Å²) in [5.41, 5.74) is 2.19. The average Bonchev–Trinajstić information content (AvgIpc) is 3.54. The molecule has 1 amide bonds. The lowest BCUT2D eigenvalue weighted by Crippen LogP contribution is -2.29. The maximum atomic E-state index is 12.7. The predicted molar refractivity (Wildman–Crippen MR) is 122 cm³/mol. The fourth-order valence-electron chi connectivity index (χ4n) is 3.43. The molecule has 164 valence electrons. The number of amides is 1. The molecule has 0 aliphatic carbocycles. The van der Waals surface area contributed by atoms with E-state index in [1.165, 1.54) is 16.9 Å². The molecule has 0 fully saturated rings. The number of benzene rings is 2. The highest BCUT2D eigenvalue weighted by molar-refractivity contribution is 7.13. The standard InChI is InChI=1S/C24H23N3O4S/c1-29-19-11-10-17(14-20(19)30-2)18(13-16-7-4-3-5-8-16)15-25-23(28)24-26-22(27-31-24)21-9-6-12-32-21/h3-12,14,18H,13,15H2,1-2H3,(H,25,28). The fourth-order valence-corrected chi connectivity index (χ4v) is 4.08. The van der Waals surface area contributed by atoms with Gasteiger partial charge in [-0.1, -0.05) is 47.6 Å². The molecule has 0 aliphatic rings. The molecule has 0 radical (unpaired) electrons. The number of thiophene rings is 1. The van der Waals surface area contributed by atoms with Crippen LogP contribution in [0.15, 0.2) is 70.6 Å². The second-order valence-corrected chi connectivity index (χ2v) is 8.06. The molecule has 0 saturated heterocycles. The van der Waals surface area contributed by atoms with E-state index in [0.717, 1.165) is 16.9 Å². The molecule has 0 saturated carbocycles. The molecular formula is C24H23N3O4S. The van der Waals surface area contributed by atoms with Crippen LogP contribution in [0.25, 0.3) is 10.7 Å². The number of hydrogen-bond donors (Lipinski definition) is 1. The van der Waals surface area contributed by atoms with Crippen LogP contribution in [0.2, 0.25) is 0 Å². The van der Waals surface area contributed by atoms with Crippen molar-refractivity contribution in [2.75, 3.05) is 20.8 Å². The van der Waals surface area contributed by atoms with Crippen molar-refractivity contribution in [3.05, 3.63) is 83.1 Å². The Kier molecular flexibility index (Phi) is 6.81. The van der Waals surface area contributed by atoms with Crippen molar-refractivity contribution in [1.29, 1.82) is 0 Å². The van der Waals surface area contributed by atoms with Crippen molar-refractivity contribution in [1.82, 2.24) is 15.5 Å². The van der Waals surface area contributed by atoms with E-state index in [2.05, 4.69) is 27.6 Å². The highest BCUT2D eigenvalue weighted by Gasteiger charge is 2.20. The van der Waals surface area contributed by atoms with E-state index in [4.69, 9.17) is 14.0 Å². The van der Waals surface area contributed by atoms with Crippen LogP contribution in [0.4, 0.5) is 0 Å². The van der Waals surface area contributed by atoms with Gasteiger partial charge in [0.2, 0.25) is 5.82 Å². The summed E-state index contributed by atoms with van der Waals surface area (Å²) in [6.45, 7) is 0.389. The molecule has 7 nitrogen and oxygen atoms in total. The van der Waals surface area contributed by atoms with Gasteiger partial charge >= 0.3 is 11.8 Å². The van der Waals surface area contributed by atoms with Gasteiger partial charge in [-0.25, -0.2) is 0 Å². The number of rotatable bonds is 9. The van der Waals surface area contributed by atoms with Crippen LogP contribution >= 0.6 is 11.3 Å². The van der Waals surface area contributed by atoms with Gasteiger partial charge in [-0.2, -0.15) is 4.98 Å². The number of hydrogen-bond acceptors (Lipinski definition) is 7. The maximum Gasteiger partial charge on any atom is 0.316 e. The Morgan fingerprint density at radius 1 is 1.06 bits per heavy atom. The molecule has 4 aromatic rings. The molecular weight excluding hydrogens is 426 g/mol. The minimum Gasteiger partial charge on any atom is -0.493 e. The quantitative estimate of drug-likeness (QED) is 0.403. The Balaban J connectivity index is 1.52. The molecule has 2 heterocycles. The Morgan fingerprint density at radius 3 is 2.59 bits per heavy atom. The average molecular weight is 450 g/mol. The lowest BCUT2D eigenvalue weighted by Gasteiger charge is -2.19. The number of carbonyl (C=O) groups excluding carboxylic acids is 1. The lowest BCUT2D eigenvalue weighted by molar-refractivity contribution is 0.0907. The van der Waals surface area contributed by atoms with Crippen molar-refractivity contribution in [3.8, 4) is 22.2 Å². The van der Waals surface area contributed by atoms with Gasteiger partial charge in [0.25, 0.3) is 0 Å². The van der Waals surface area contributed by atoms with Gasteiger partial charge in [-0.05, 0) is 41.1 Å². The number of methoxy groups -OCH3 is 2. The van der Waals surface area contributed by atoms with E-state index in [-0.39, 0.29) is 11.8 Å². The summed E-state index contributed by atoms with van der Waals surface area (Å²) in [7, 11) is 3.21. The van der Waals surface area contributed by atoms with Crippen LogP contribution in [0.1, 0.15) is 27.7 Å². The first-order valence-corrected chi connectivity index (χ1v) is 11.0. The van der Waals surface area contributed by atoms with E-state index in [1.54, 1.807) is 14.2 Å². The summed E-state index contributed by atoms with van der Waals surface area (Å²) in [6.07, 6.45) is 0.737. The third kappa shape index (κ3) is 4.97. The first-order valence-electron chi connectivity index (χ1n) is 10.1. The number of nitrogens with zero attached hydrogens (tertiary/aromatic N) is 2. The summed E-state index contributed by atoms with van der Waals surface area (Å²) < 4.78 is 16.0. The van der Waals surface area contributed by atoms with Crippen molar-refractivity contribution >= 4 is 17.2 Å². The lowest BCUT2D eigenvalue weighted by atomic mass is 9.91. The van der Waals surface area contributed by atoms with Gasteiger partial charge in [0.15, 0.2) is 11.5 Å². The zero-order valence-corrected chi connectivity index (χ0v) is 18.6. The Hall–Kier alpha value is -3.65. The Bertz CT molecular complexity index is 1160. The highest BCUT2D eigenvalue weighted by Crippen LogP contribution is 2.32. The zero-order chi connectivity index (χ0) is 22.3. The Labute approximate surface area is 190 Å². The van der Waals surface area contributed by atoms with Gasteiger partial charge in [0.1, 0.15) is 0 Å². The second-order valence-electron chi connectivity index (χ2n) is 7.11. The van der Waals surface area contributed by atoms with Crippen LogP contribution in [0.3, 0.4) is 0 Å². The molecule has 4 rings (SSSR count). The number of carbonyl (C=O) groups is 1. The minimum absolute atomic E-state index is 0.000781. The van der Waals surface area contributed by atoms with Gasteiger partial charge < -0.3 is 19.3 Å². The van der Waals surface area contributed by atoms with Crippen molar-refractivity contribution in [2.24, 2.45) is 0 Å². The van der Waals surface area contributed by atoms with Gasteiger partial charge in [-0.15, -0.1) is 11.3 Å². The van der Waals surface area contributed by atoms with Gasteiger partial charge in [-0.3, -0.25) is 4.79 Å². The van der Waals surface area contributed by atoms with Crippen LogP contribution in [0.5, 0.6) is 11.5 Å². The summed E-state index contributed by atoms with van der Waals surface area (Å²) in [5.74, 6) is 1.25. The van der Waals surface area contributed by atoms with E-state index in [0.29, 0.717) is 23.9 Å². The molecule has 32 heavy (non-hydrogen) atoms. The van der Waals surface area contributed by atoms with Crippen molar-refractivity contribution < 1.29 is 18.8 Å². The monoisotopic (exact) mass is 449 g/mol. The summed E-state index contributed by atoms with van der Waals surface area (Å²) in [4.78, 5) is 17.8. The van der Waals surface area contributed by atoms with E-state index in [1.807, 2.05) is 53.9 Å². The largest absolute Gasteiger partial charge is 0.493 e. The minimum atomic E-state index is -0.404. The van der Waals surface area contributed by atoms with E-state index >= 15 is 0 Å². The second kappa shape index (κ2) is 10.1. The number of aromatic nitrogens is 2.